The molecule has 2 aromatic rings. The van der Waals surface area contributed by atoms with Gasteiger partial charge < -0.3 is 15.8 Å². The quantitative estimate of drug-likeness (QED) is 0.879. The van der Waals surface area contributed by atoms with Crippen LogP contribution >= 0.6 is 0 Å². The third kappa shape index (κ3) is 2.75. The Morgan fingerprint density at radius 3 is 2.79 bits per heavy atom. The third-order valence-electron chi connectivity index (χ3n) is 2.64. The molecule has 1 aromatic carbocycles. The lowest BCUT2D eigenvalue weighted by Gasteiger charge is -2.12. The van der Waals surface area contributed by atoms with Crippen LogP contribution in [0.2, 0.25) is 0 Å². The summed E-state index contributed by atoms with van der Waals surface area (Å²) in [5.74, 6) is 1.13. The Morgan fingerprint density at radius 1 is 1.37 bits per heavy atom. The van der Waals surface area contributed by atoms with Crippen molar-refractivity contribution in [3.63, 3.8) is 0 Å². The summed E-state index contributed by atoms with van der Waals surface area (Å²) in [5.41, 5.74) is 8.70. The molecule has 0 aliphatic heterocycles. The Hall–Kier alpha value is -2.74. The summed E-state index contributed by atoms with van der Waals surface area (Å²) in [4.78, 5) is 4.23. The zero-order valence-corrected chi connectivity index (χ0v) is 10.8. The molecular formula is C14H14N4O. The molecule has 0 atom stereocenters. The Bertz CT molecular complexity index is 646. The van der Waals surface area contributed by atoms with Gasteiger partial charge in [-0.05, 0) is 30.7 Å². The van der Waals surface area contributed by atoms with Gasteiger partial charge in [0.1, 0.15) is 5.75 Å². The number of hydrogen-bond acceptors (Lipinski definition) is 5. The number of nitriles is 1. The molecular weight excluding hydrogens is 240 g/mol. The molecule has 0 unspecified atom stereocenters. The summed E-state index contributed by atoms with van der Waals surface area (Å²) in [6.07, 6.45) is 1.73. The maximum absolute atomic E-state index is 8.85. The van der Waals surface area contributed by atoms with E-state index in [1.54, 1.807) is 31.5 Å². The summed E-state index contributed by atoms with van der Waals surface area (Å²) >= 11 is 0. The van der Waals surface area contributed by atoms with Crippen molar-refractivity contribution in [3.8, 4) is 11.8 Å². The molecule has 1 aromatic heterocycles. The number of aromatic nitrogens is 1. The fourth-order valence-electron chi connectivity index (χ4n) is 1.69. The Kier molecular flexibility index (Phi) is 3.53. The molecule has 0 saturated carbocycles. The van der Waals surface area contributed by atoms with Gasteiger partial charge >= 0.3 is 0 Å². The van der Waals surface area contributed by atoms with E-state index in [0.717, 1.165) is 5.56 Å². The zero-order valence-electron chi connectivity index (χ0n) is 10.8. The number of aryl methyl sites for hydroxylation is 1. The van der Waals surface area contributed by atoms with E-state index in [-0.39, 0.29) is 0 Å². The molecule has 2 rings (SSSR count). The highest BCUT2D eigenvalue weighted by Gasteiger charge is 2.07. The molecule has 3 N–H and O–H groups in total. The van der Waals surface area contributed by atoms with Gasteiger partial charge in [0, 0.05) is 12.3 Å². The van der Waals surface area contributed by atoms with E-state index in [0.29, 0.717) is 28.5 Å². The molecule has 19 heavy (non-hydrogen) atoms. The largest absolute Gasteiger partial charge is 0.495 e. The molecule has 0 fully saturated rings. The highest BCUT2D eigenvalue weighted by atomic mass is 16.5. The van der Waals surface area contributed by atoms with Gasteiger partial charge in [0.2, 0.25) is 0 Å². The lowest BCUT2D eigenvalue weighted by Crippen LogP contribution is -2.01. The van der Waals surface area contributed by atoms with E-state index in [9.17, 15) is 0 Å². The molecule has 1 heterocycles. The lowest BCUT2D eigenvalue weighted by atomic mass is 10.2. The van der Waals surface area contributed by atoms with E-state index >= 15 is 0 Å². The van der Waals surface area contributed by atoms with E-state index in [2.05, 4.69) is 16.4 Å². The fraction of sp³-hybridized carbons (Fsp3) is 0.143. The standard InChI is InChI=1S/C14H14N4O/c1-9-5-11(16)14(17-8-9)18-12-4-3-10(7-15)6-13(12)19-2/h3-6,8H,16H2,1-2H3,(H,17,18). The Balaban J connectivity index is 2.35. The molecule has 0 spiro atoms. The van der Waals surface area contributed by atoms with Crippen LogP contribution in [-0.4, -0.2) is 12.1 Å². The molecule has 96 valence electrons. The minimum atomic E-state index is 0.534. The van der Waals surface area contributed by atoms with Crippen LogP contribution in [0.1, 0.15) is 11.1 Å². The van der Waals surface area contributed by atoms with Crippen LogP contribution in [0.4, 0.5) is 17.2 Å². The highest BCUT2D eigenvalue weighted by Crippen LogP contribution is 2.29. The first kappa shape index (κ1) is 12.7. The van der Waals surface area contributed by atoms with Crippen LogP contribution in [-0.2, 0) is 0 Å². The molecule has 0 aliphatic rings. The number of nitrogens with zero attached hydrogens (tertiary/aromatic N) is 2. The van der Waals surface area contributed by atoms with Gasteiger partial charge in [0.15, 0.2) is 5.82 Å². The average molecular weight is 254 g/mol. The molecule has 5 heteroatoms. The summed E-state index contributed by atoms with van der Waals surface area (Å²) in [6, 6.07) is 9.03. The van der Waals surface area contributed by atoms with E-state index in [4.69, 9.17) is 15.7 Å². The lowest BCUT2D eigenvalue weighted by molar-refractivity contribution is 0.416. The van der Waals surface area contributed by atoms with Crippen molar-refractivity contribution in [3.05, 3.63) is 41.6 Å². The third-order valence-corrected chi connectivity index (χ3v) is 2.64. The van der Waals surface area contributed by atoms with Crippen LogP contribution in [0.3, 0.4) is 0 Å². The maximum Gasteiger partial charge on any atom is 0.153 e. The second kappa shape index (κ2) is 5.27. The minimum Gasteiger partial charge on any atom is -0.495 e. The van der Waals surface area contributed by atoms with Gasteiger partial charge in [-0.25, -0.2) is 4.98 Å². The molecule has 5 nitrogen and oxygen atoms in total. The predicted octanol–water partition coefficient (Wildman–Crippen LogP) is 2.60. The van der Waals surface area contributed by atoms with Gasteiger partial charge in [-0.3, -0.25) is 0 Å². The first-order chi connectivity index (χ1) is 9.13. The van der Waals surface area contributed by atoms with Crippen LogP contribution < -0.4 is 15.8 Å². The van der Waals surface area contributed by atoms with Crippen LogP contribution in [0, 0.1) is 18.3 Å². The smallest absolute Gasteiger partial charge is 0.153 e. The molecule has 0 saturated heterocycles. The van der Waals surface area contributed by atoms with Gasteiger partial charge in [-0.2, -0.15) is 5.26 Å². The van der Waals surface area contributed by atoms with E-state index < -0.39 is 0 Å². The van der Waals surface area contributed by atoms with Gasteiger partial charge in [-0.1, -0.05) is 0 Å². The number of benzene rings is 1. The topological polar surface area (TPSA) is 84.0 Å². The Labute approximate surface area is 111 Å². The molecule has 0 amide bonds. The number of hydrogen-bond donors (Lipinski definition) is 2. The molecule has 0 radical (unpaired) electrons. The van der Waals surface area contributed by atoms with Crippen molar-refractivity contribution in [1.82, 2.24) is 4.98 Å². The van der Waals surface area contributed by atoms with Crippen molar-refractivity contribution in [1.29, 1.82) is 5.26 Å². The first-order valence-corrected chi connectivity index (χ1v) is 5.71. The SMILES string of the molecule is COc1cc(C#N)ccc1Nc1ncc(C)cc1N. The van der Waals surface area contributed by atoms with Gasteiger partial charge in [0.05, 0.1) is 30.1 Å². The number of pyridine rings is 1. The summed E-state index contributed by atoms with van der Waals surface area (Å²) < 4.78 is 5.24. The van der Waals surface area contributed by atoms with Crippen molar-refractivity contribution in [2.24, 2.45) is 0 Å². The molecule has 0 bridgehead atoms. The van der Waals surface area contributed by atoms with E-state index in [1.807, 2.05) is 13.0 Å². The molecule has 0 aliphatic carbocycles. The van der Waals surface area contributed by atoms with Crippen molar-refractivity contribution in [2.45, 2.75) is 6.92 Å². The highest BCUT2D eigenvalue weighted by molar-refractivity contribution is 5.73. The van der Waals surface area contributed by atoms with Crippen LogP contribution in [0.15, 0.2) is 30.5 Å². The van der Waals surface area contributed by atoms with Gasteiger partial charge in [0.25, 0.3) is 0 Å². The van der Waals surface area contributed by atoms with Crippen LogP contribution in [0.5, 0.6) is 5.75 Å². The van der Waals surface area contributed by atoms with Crippen molar-refractivity contribution >= 4 is 17.2 Å². The number of methoxy groups -OCH3 is 1. The number of rotatable bonds is 3. The second-order valence-electron chi connectivity index (χ2n) is 4.10. The number of ether oxygens (including phenoxy) is 1. The summed E-state index contributed by atoms with van der Waals surface area (Å²) in [5, 5.41) is 12.0. The minimum absolute atomic E-state index is 0.534. The van der Waals surface area contributed by atoms with Crippen molar-refractivity contribution in [2.75, 3.05) is 18.2 Å². The monoisotopic (exact) mass is 254 g/mol. The average Bonchev–Trinajstić information content (AvgIpc) is 2.42. The number of nitrogen functional groups attached to an aromatic ring is 1. The van der Waals surface area contributed by atoms with Gasteiger partial charge in [-0.15, -0.1) is 0 Å². The second-order valence-corrected chi connectivity index (χ2v) is 4.10. The first-order valence-electron chi connectivity index (χ1n) is 5.71. The zero-order chi connectivity index (χ0) is 13.8. The predicted molar refractivity (Wildman–Crippen MR) is 74.4 cm³/mol. The number of nitrogens with one attached hydrogen (secondary N) is 1. The van der Waals surface area contributed by atoms with E-state index in [1.165, 1.54) is 0 Å². The normalized spacial score (nSPS) is 9.74. The Morgan fingerprint density at radius 2 is 2.16 bits per heavy atom. The maximum atomic E-state index is 8.85. The van der Waals surface area contributed by atoms with Crippen molar-refractivity contribution < 1.29 is 4.74 Å². The number of anilines is 3. The fourth-order valence-corrected chi connectivity index (χ4v) is 1.69. The van der Waals surface area contributed by atoms with Crippen LogP contribution in [0.25, 0.3) is 0 Å². The summed E-state index contributed by atoms with van der Waals surface area (Å²) in [7, 11) is 1.55. The number of nitrogens with two attached hydrogens (primary N) is 1. The summed E-state index contributed by atoms with van der Waals surface area (Å²) in [6.45, 7) is 1.93.